The lowest BCUT2D eigenvalue weighted by Gasteiger charge is -2.38. The number of hydrogen-bond acceptors (Lipinski definition) is 4. The highest BCUT2D eigenvalue weighted by molar-refractivity contribution is 6.01. The Bertz CT molecular complexity index is 540. The first-order valence-corrected chi connectivity index (χ1v) is 6.44. The predicted octanol–water partition coefficient (Wildman–Crippen LogP) is 1.03. The van der Waals surface area contributed by atoms with Crippen molar-refractivity contribution in [1.29, 1.82) is 0 Å². The van der Waals surface area contributed by atoms with Crippen molar-refractivity contribution in [3.63, 3.8) is 0 Å². The highest BCUT2D eigenvalue weighted by atomic mass is 16.5. The third-order valence-electron chi connectivity index (χ3n) is 3.23. The quantitative estimate of drug-likeness (QED) is 0.366. The monoisotopic (exact) mass is 277 g/mol. The number of oxime groups is 1. The number of amides is 1. The minimum Gasteiger partial charge on any atom is -0.409 e. The van der Waals surface area contributed by atoms with Crippen molar-refractivity contribution in [2.24, 2.45) is 10.9 Å². The van der Waals surface area contributed by atoms with Gasteiger partial charge in [-0.2, -0.15) is 0 Å². The van der Waals surface area contributed by atoms with E-state index in [2.05, 4.69) is 5.16 Å². The molecule has 108 valence electrons. The second-order valence-corrected chi connectivity index (χ2v) is 5.40. The van der Waals surface area contributed by atoms with Crippen LogP contribution < -0.4 is 5.73 Å². The number of benzene rings is 1. The highest BCUT2D eigenvalue weighted by Crippen LogP contribution is 2.19. The van der Waals surface area contributed by atoms with Crippen molar-refractivity contribution >= 4 is 11.7 Å². The van der Waals surface area contributed by atoms with E-state index in [1.807, 2.05) is 13.8 Å². The molecule has 6 heteroatoms. The molecule has 1 aromatic carbocycles. The van der Waals surface area contributed by atoms with Gasteiger partial charge >= 0.3 is 0 Å². The second-order valence-electron chi connectivity index (χ2n) is 5.40. The van der Waals surface area contributed by atoms with E-state index in [0.717, 1.165) is 0 Å². The van der Waals surface area contributed by atoms with E-state index in [1.54, 1.807) is 29.2 Å². The fourth-order valence-electron chi connectivity index (χ4n) is 2.24. The summed E-state index contributed by atoms with van der Waals surface area (Å²) in [6.45, 7) is 5.55. The summed E-state index contributed by atoms with van der Waals surface area (Å²) in [5.41, 5.74) is 6.24. The molecule has 1 heterocycles. The molecular weight excluding hydrogens is 258 g/mol. The van der Waals surface area contributed by atoms with Gasteiger partial charge in [0.25, 0.3) is 5.91 Å². The number of ether oxygens (including phenoxy) is 1. The molecule has 2 rings (SSSR count). The van der Waals surface area contributed by atoms with Crippen molar-refractivity contribution in [2.75, 3.05) is 19.7 Å². The first-order valence-electron chi connectivity index (χ1n) is 6.44. The molecule has 6 nitrogen and oxygen atoms in total. The molecule has 3 N–H and O–H groups in total. The summed E-state index contributed by atoms with van der Waals surface area (Å²) >= 11 is 0. The summed E-state index contributed by atoms with van der Waals surface area (Å²) in [6, 6.07) is 6.75. The number of nitrogens with zero attached hydrogens (tertiary/aromatic N) is 2. The maximum atomic E-state index is 12.5. The van der Waals surface area contributed by atoms with Gasteiger partial charge in [-0.25, -0.2) is 0 Å². The smallest absolute Gasteiger partial charge is 0.254 e. The van der Waals surface area contributed by atoms with Gasteiger partial charge in [-0.15, -0.1) is 0 Å². The van der Waals surface area contributed by atoms with Crippen molar-refractivity contribution in [3.05, 3.63) is 35.4 Å². The van der Waals surface area contributed by atoms with Crippen LogP contribution in [0.5, 0.6) is 0 Å². The Balaban J connectivity index is 2.21. The van der Waals surface area contributed by atoms with Gasteiger partial charge < -0.3 is 20.6 Å². The molecule has 0 radical (unpaired) electrons. The Morgan fingerprint density at radius 1 is 1.45 bits per heavy atom. The fraction of sp³-hybridized carbons (Fsp3) is 0.429. The molecular formula is C14H19N3O3. The topological polar surface area (TPSA) is 88.2 Å². The Hall–Kier alpha value is -2.08. The Morgan fingerprint density at radius 3 is 2.80 bits per heavy atom. The van der Waals surface area contributed by atoms with Gasteiger partial charge in [0.1, 0.15) is 0 Å². The van der Waals surface area contributed by atoms with Gasteiger partial charge in [-0.05, 0) is 26.0 Å². The largest absolute Gasteiger partial charge is 0.409 e. The number of morpholine rings is 1. The maximum Gasteiger partial charge on any atom is 0.254 e. The van der Waals surface area contributed by atoms with E-state index in [1.165, 1.54) is 0 Å². The molecule has 0 aliphatic carbocycles. The zero-order valence-corrected chi connectivity index (χ0v) is 11.7. The SMILES string of the molecule is CC1(C)CN(C(=O)c2cccc(/C(N)=N/O)c2)CCO1. The van der Waals surface area contributed by atoms with E-state index in [0.29, 0.717) is 30.8 Å². The summed E-state index contributed by atoms with van der Waals surface area (Å²) in [5, 5.41) is 11.6. The number of nitrogens with two attached hydrogens (primary N) is 1. The van der Waals surface area contributed by atoms with Crippen molar-refractivity contribution < 1.29 is 14.7 Å². The number of amidine groups is 1. The number of rotatable bonds is 2. The van der Waals surface area contributed by atoms with E-state index >= 15 is 0 Å². The van der Waals surface area contributed by atoms with Crippen LogP contribution in [0.4, 0.5) is 0 Å². The third-order valence-corrected chi connectivity index (χ3v) is 3.23. The molecule has 0 saturated carbocycles. The summed E-state index contributed by atoms with van der Waals surface area (Å²) < 4.78 is 5.59. The molecule has 1 amide bonds. The molecule has 1 aliphatic heterocycles. The minimum absolute atomic E-state index is 0.0121. The van der Waals surface area contributed by atoms with Crippen LogP contribution in [-0.2, 0) is 4.74 Å². The van der Waals surface area contributed by atoms with Crippen molar-refractivity contribution in [2.45, 2.75) is 19.4 Å². The van der Waals surface area contributed by atoms with Crippen LogP contribution in [0.3, 0.4) is 0 Å². The molecule has 20 heavy (non-hydrogen) atoms. The van der Waals surface area contributed by atoms with E-state index in [-0.39, 0.29) is 17.3 Å². The predicted molar refractivity (Wildman–Crippen MR) is 74.9 cm³/mol. The molecule has 0 spiro atoms. The summed E-state index contributed by atoms with van der Waals surface area (Å²) in [7, 11) is 0. The number of hydrogen-bond donors (Lipinski definition) is 2. The highest BCUT2D eigenvalue weighted by Gasteiger charge is 2.30. The molecule has 0 aromatic heterocycles. The lowest BCUT2D eigenvalue weighted by Crippen LogP contribution is -2.50. The zero-order valence-electron chi connectivity index (χ0n) is 11.7. The van der Waals surface area contributed by atoms with Gasteiger partial charge in [0.15, 0.2) is 5.84 Å². The maximum absolute atomic E-state index is 12.5. The first-order chi connectivity index (χ1) is 9.43. The summed E-state index contributed by atoms with van der Waals surface area (Å²) in [5.74, 6) is -0.0871. The van der Waals surface area contributed by atoms with Crippen LogP contribution in [0.1, 0.15) is 29.8 Å². The van der Waals surface area contributed by atoms with Crippen LogP contribution in [-0.4, -0.2) is 47.1 Å². The van der Waals surface area contributed by atoms with Gasteiger partial charge in [0.2, 0.25) is 0 Å². The van der Waals surface area contributed by atoms with Gasteiger partial charge in [-0.3, -0.25) is 4.79 Å². The molecule has 1 aliphatic rings. The Kier molecular flexibility index (Phi) is 3.94. The normalized spacial score (nSPS) is 18.9. The van der Waals surface area contributed by atoms with Gasteiger partial charge in [-0.1, -0.05) is 17.3 Å². The first kappa shape index (κ1) is 14.3. The van der Waals surface area contributed by atoms with Crippen molar-refractivity contribution in [1.82, 2.24) is 4.90 Å². The molecule has 1 aromatic rings. The van der Waals surface area contributed by atoms with E-state index in [4.69, 9.17) is 15.7 Å². The lowest BCUT2D eigenvalue weighted by atomic mass is 10.0. The van der Waals surface area contributed by atoms with Crippen LogP contribution in [0, 0.1) is 0 Å². The van der Waals surface area contributed by atoms with E-state index in [9.17, 15) is 4.79 Å². The molecule has 1 saturated heterocycles. The van der Waals surface area contributed by atoms with Gasteiger partial charge in [0.05, 0.1) is 12.2 Å². The number of carbonyl (C=O) groups is 1. The average Bonchev–Trinajstić information content (AvgIpc) is 2.44. The summed E-state index contributed by atoms with van der Waals surface area (Å²) in [4.78, 5) is 14.2. The second kappa shape index (κ2) is 5.50. The fourth-order valence-corrected chi connectivity index (χ4v) is 2.24. The van der Waals surface area contributed by atoms with Crippen LogP contribution in [0.25, 0.3) is 0 Å². The van der Waals surface area contributed by atoms with Crippen LogP contribution in [0.2, 0.25) is 0 Å². The molecule has 1 fully saturated rings. The Labute approximate surface area is 117 Å². The molecule has 0 bridgehead atoms. The van der Waals surface area contributed by atoms with Gasteiger partial charge in [0, 0.05) is 24.2 Å². The number of carbonyl (C=O) groups excluding carboxylic acids is 1. The van der Waals surface area contributed by atoms with Crippen LogP contribution >= 0.6 is 0 Å². The lowest BCUT2D eigenvalue weighted by molar-refractivity contribution is -0.0764. The standard InChI is InChI=1S/C14H19N3O3/c1-14(2)9-17(6-7-20-14)13(18)11-5-3-4-10(8-11)12(15)16-19/h3-5,8,19H,6-7,9H2,1-2H3,(H2,15,16). The average molecular weight is 277 g/mol. The minimum atomic E-state index is -0.336. The summed E-state index contributed by atoms with van der Waals surface area (Å²) in [6.07, 6.45) is 0. The van der Waals surface area contributed by atoms with Crippen LogP contribution in [0.15, 0.2) is 29.4 Å². The zero-order chi connectivity index (χ0) is 14.8. The molecule has 0 atom stereocenters. The third kappa shape index (κ3) is 3.08. The van der Waals surface area contributed by atoms with Crippen molar-refractivity contribution in [3.8, 4) is 0 Å². The van der Waals surface area contributed by atoms with E-state index < -0.39 is 0 Å². The Morgan fingerprint density at radius 2 is 2.15 bits per heavy atom. The molecule has 0 unspecified atom stereocenters.